The molecule has 0 aliphatic rings. The van der Waals surface area contributed by atoms with Crippen LogP contribution in [0.1, 0.15) is 12.6 Å². The highest BCUT2D eigenvalue weighted by Gasteiger charge is 2.13. The van der Waals surface area contributed by atoms with E-state index in [1.165, 1.54) is 0 Å². The fraction of sp³-hybridized carbons (Fsp3) is 0.118. The quantitative estimate of drug-likeness (QED) is 0.560. The summed E-state index contributed by atoms with van der Waals surface area (Å²) >= 11 is 18.3. The summed E-state index contributed by atoms with van der Waals surface area (Å²) in [5.41, 5.74) is 3.80. The molecular formula is C17H13Cl3N2. The zero-order chi connectivity index (χ0) is 15.7. The Morgan fingerprint density at radius 1 is 0.909 bits per heavy atom. The van der Waals surface area contributed by atoms with E-state index in [4.69, 9.17) is 34.8 Å². The lowest BCUT2D eigenvalue weighted by Crippen LogP contribution is -2.00. The molecule has 0 N–H and O–H groups in total. The predicted octanol–water partition coefficient (Wildman–Crippen LogP) is 6.06. The average Bonchev–Trinajstić information content (AvgIpc) is 2.92. The van der Waals surface area contributed by atoms with Crippen molar-refractivity contribution in [3.63, 3.8) is 0 Å². The maximum Gasteiger partial charge on any atom is 0.0840 e. The molecule has 0 fully saturated rings. The van der Waals surface area contributed by atoms with Gasteiger partial charge in [-0.05, 0) is 42.8 Å². The minimum atomic E-state index is 0.563. The Kier molecular flexibility index (Phi) is 4.44. The van der Waals surface area contributed by atoms with Crippen molar-refractivity contribution in [2.24, 2.45) is 0 Å². The molecular weight excluding hydrogens is 339 g/mol. The fourth-order valence-electron chi connectivity index (χ4n) is 2.27. The summed E-state index contributed by atoms with van der Waals surface area (Å²) in [5, 5.41) is 6.51. The number of aryl methyl sites for hydroxylation is 1. The van der Waals surface area contributed by atoms with E-state index in [1.807, 2.05) is 41.1 Å². The molecule has 0 spiro atoms. The topological polar surface area (TPSA) is 17.8 Å². The lowest BCUT2D eigenvalue weighted by molar-refractivity contribution is 0.847. The van der Waals surface area contributed by atoms with Crippen LogP contribution in [0.3, 0.4) is 0 Å². The minimum Gasteiger partial charge on any atom is -0.231 e. The minimum absolute atomic E-state index is 0.563. The third-order valence-corrected chi connectivity index (χ3v) is 4.19. The number of hydrogen-bond donors (Lipinski definition) is 0. The van der Waals surface area contributed by atoms with Gasteiger partial charge in [-0.15, -0.1) is 0 Å². The molecule has 2 aromatic carbocycles. The van der Waals surface area contributed by atoms with E-state index in [0.29, 0.717) is 15.1 Å². The highest BCUT2D eigenvalue weighted by atomic mass is 35.5. The van der Waals surface area contributed by atoms with Gasteiger partial charge in [0.2, 0.25) is 0 Å². The summed E-state index contributed by atoms with van der Waals surface area (Å²) < 4.78 is 1.85. The van der Waals surface area contributed by atoms with E-state index in [2.05, 4.69) is 18.1 Å². The normalized spacial score (nSPS) is 10.9. The number of hydrogen-bond acceptors (Lipinski definition) is 1. The summed E-state index contributed by atoms with van der Waals surface area (Å²) in [5.74, 6) is 0. The number of aromatic nitrogens is 2. The second kappa shape index (κ2) is 6.33. The Bertz CT molecular complexity index is 807. The number of benzene rings is 2. The van der Waals surface area contributed by atoms with Gasteiger partial charge in [-0.2, -0.15) is 5.10 Å². The predicted molar refractivity (Wildman–Crippen MR) is 93.4 cm³/mol. The van der Waals surface area contributed by atoms with Crippen LogP contribution in [0.4, 0.5) is 0 Å². The first kappa shape index (κ1) is 15.4. The summed E-state index contributed by atoms with van der Waals surface area (Å²) in [6.07, 6.45) is 0.846. The third kappa shape index (κ3) is 3.00. The second-order valence-electron chi connectivity index (χ2n) is 4.89. The molecule has 0 saturated heterocycles. The summed E-state index contributed by atoms with van der Waals surface area (Å²) in [7, 11) is 0. The zero-order valence-electron chi connectivity index (χ0n) is 11.9. The first-order chi connectivity index (χ1) is 10.6. The lowest BCUT2D eigenvalue weighted by Gasteiger charge is -2.10. The summed E-state index contributed by atoms with van der Waals surface area (Å²) in [6.45, 7) is 2.07. The molecule has 3 aromatic rings. The molecule has 0 radical (unpaired) electrons. The fourth-order valence-corrected chi connectivity index (χ4v) is 2.88. The van der Waals surface area contributed by atoms with Crippen LogP contribution in [0.15, 0.2) is 48.5 Å². The maximum atomic E-state index is 6.33. The molecule has 0 aliphatic heterocycles. The van der Waals surface area contributed by atoms with E-state index in [9.17, 15) is 0 Å². The zero-order valence-corrected chi connectivity index (χ0v) is 14.1. The number of rotatable bonds is 3. The van der Waals surface area contributed by atoms with E-state index in [1.54, 1.807) is 6.07 Å². The van der Waals surface area contributed by atoms with Crippen molar-refractivity contribution >= 4 is 34.8 Å². The molecule has 0 aliphatic carbocycles. The first-order valence-corrected chi connectivity index (χ1v) is 8.02. The molecule has 1 aromatic heterocycles. The lowest BCUT2D eigenvalue weighted by atomic mass is 10.1. The van der Waals surface area contributed by atoms with Crippen molar-refractivity contribution in [1.29, 1.82) is 0 Å². The van der Waals surface area contributed by atoms with Crippen molar-refractivity contribution < 1.29 is 0 Å². The van der Waals surface area contributed by atoms with E-state index < -0.39 is 0 Å². The molecule has 22 heavy (non-hydrogen) atoms. The standard InChI is InChI=1S/C17H13Cl3N2/c1-2-14-10-17(11-3-5-12(18)6-4-11)22(21-14)16-8-7-13(19)9-15(16)20/h3-10H,2H2,1H3. The summed E-state index contributed by atoms with van der Waals surface area (Å²) in [4.78, 5) is 0. The Labute approximate surface area is 144 Å². The molecule has 1 heterocycles. The van der Waals surface area contributed by atoms with Crippen LogP contribution in [0.5, 0.6) is 0 Å². The van der Waals surface area contributed by atoms with Crippen LogP contribution in [0.2, 0.25) is 15.1 Å². The van der Waals surface area contributed by atoms with Gasteiger partial charge >= 0.3 is 0 Å². The van der Waals surface area contributed by atoms with Crippen LogP contribution in [-0.4, -0.2) is 9.78 Å². The van der Waals surface area contributed by atoms with Gasteiger partial charge in [-0.1, -0.05) is 53.9 Å². The van der Waals surface area contributed by atoms with Gasteiger partial charge in [0.15, 0.2) is 0 Å². The Morgan fingerprint density at radius 3 is 2.23 bits per heavy atom. The SMILES string of the molecule is CCc1cc(-c2ccc(Cl)cc2)n(-c2ccc(Cl)cc2Cl)n1. The molecule has 0 saturated carbocycles. The largest absolute Gasteiger partial charge is 0.231 e. The van der Waals surface area contributed by atoms with Gasteiger partial charge in [-0.3, -0.25) is 0 Å². The average molecular weight is 352 g/mol. The molecule has 112 valence electrons. The van der Waals surface area contributed by atoms with Crippen molar-refractivity contribution in [2.75, 3.05) is 0 Å². The molecule has 5 heteroatoms. The molecule has 0 atom stereocenters. The van der Waals surface area contributed by atoms with Crippen LogP contribution < -0.4 is 0 Å². The highest BCUT2D eigenvalue weighted by Crippen LogP contribution is 2.30. The van der Waals surface area contributed by atoms with Gasteiger partial charge in [-0.25, -0.2) is 4.68 Å². The van der Waals surface area contributed by atoms with Crippen molar-refractivity contribution in [3.8, 4) is 16.9 Å². The number of nitrogens with zero attached hydrogens (tertiary/aromatic N) is 2. The van der Waals surface area contributed by atoms with Crippen LogP contribution in [-0.2, 0) is 6.42 Å². The van der Waals surface area contributed by atoms with Crippen molar-refractivity contribution in [2.45, 2.75) is 13.3 Å². The smallest absolute Gasteiger partial charge is 0.0840 e. The van der Waals surface area contributed by atoms with Gasteiger partial charge < -0.3 is 0 Å². The molecule has 2 nitrogen and oxygen atoms in total. The highest BCUT2D eigenvalue weighted by molar-refractivity contribution is 6.35. The van der Waals surface area contributed by atoms with E-state index in [0.717, 1.165) is 29.1 Å². The third-order valence-electron chi connectivity index (χ3n) is 3.40. The number of halogens is 3. The second-order valence-corrected chi connectivity index (χ2v) is 6.17. The molecule has 3 rings (SSSR count). The Morgan fingerprint density at radius 2 is 1.59 bits per heavy atom. The molecule has 0 amide bonds. The van der Waals surface area contributed by atoms with E-state index >= 15 is 0 Å². The van der Waals surface area contributed by atoms with Crippen LogP contribution >= 0.6 is 34.8 Å². The Hall–Kier alpha value is -1.48. The first-order valence-electron chi connectivity index (χ1n) is 6.89. The Balaban J connectivity index is 2.18. The van der Waals surface area contributed by atoms with Gasteiger partial charge in [0.05, 0.1) is 22.1 Å². The van der Waals surface area contributed by atoms with Crippen LogP contribution in [0, 0.1) is 0 Å². The maximum absolute atomic E-state index is 6.33. The van der Waals surface area contributed by atoms with Gasteiger partial charge in [0, 0.05) is 15.6 Å². The summed E-state index contributed by atoms with van der Waals surface area (Å²) in [6, 6.07) is 15.1. The van der Waals surface area contributed by atoms with E-state index in [-0.39, 0.29) is 0 Å². The molecule has 0 unspecified atom stereocenters. The van der Waals surface area contributed by atoms with Gasteiger partial charge in [0.1, 0.15) is 0 Å². The van der Waals surface area contributed by atoms with Crippen LogP contribution in [0.25, 0.3) is 16.9 Å². The van der Waals surface area contributed by atoms with Crippen molar-refractivity contribution in [3.05, 3.63) is 69.3 Å². The van der Waals surface area contributed by atoms with Gasteiger partial charge in [0.25, 0.3) is 0 Å². The molecule has 0 bridgehead atoms. The monoisotopic (exact) mass is 350 g/mol. The van der Waals surface area contributed by atoms with Crippen molar-refractivity contribution in [1.82, 2.24) is 9.78 Å².